The first-order valence-electron chi connectivity index (χ1n) is 14.2. The van der Waals surface area contributed by atoms with Gasteiger partial charge in [0.25, 0.3) is 0 Å². The molecule has 194 valence electrons. The van der Waals surface area contributed by atoms with Crippen LogP contribution in [0.4, 0.5) is 0 Å². The highest BCUT2D eigenvalue weighted by molar-refractivity contribution is 5.72. The van der Waals surface area contributed by atoms with Gasteiger partial charge in [0.15, 0.2) is 0 Å². The monoisotopic (exact) mass is 466 g/mol. The predicted octanol–water partition coefficient (Wildman–Crippen LogP) is 8.86. The van der Waals surface area contributed by atoms with Crippen molar-refractivity contribution in [3.63, 3.8) is 0 Å². The minimum atomic E-state index is -0.223. The minimum absolute atomic E-state index is 0.197. The Kier molecular flexibility index (Phi) is 25.9. The summed E-state index contributed by atoms with van der Waals surface area (Å²) in [5, 5.41) is 0. The molecule has 0 heterocycles. The number of hydrogen-bond acceptors (Lipinski definition) is 4. The Balaban J connectivity index is 3.32. The average Bonchev–Trinajstić information content (AvgIpc) is 2.81. The van der Waals surface area contributed by atoms with E-state index in [1.165, 1.54) is 89.9 Å². The summed E-state index contributed by atoms with van der Waals surface area (Å²) in [5.41, 5.74) is 0. The molecule has 0 saturated heterocycles. The van der Waals surface area contributed by atoms with Gasteiger partial charge in [0.2, 0.25) is 0 Å². The van der Waals surface area contributed by atoms with Crippen molar-refractivity contribution in [2.24, 2.45) is 0 Å². The molecule has 0 aromatic carbocycles. The Hall–Kier alpha value is -1.32. The minimum Gasteiger partial charge on any atom is -0.466 e. The van der Waals surface area contributed by atoms with Crippen LogP contribution in [0.25, 0.3) is 0 Å². The molecular formula is C29H54O4. The number of allylic oxidation sites excluding steroid dienone is 1. The zero-order chi connectivity index (χ0) is 24.2. The highest BCUT2D eigenvalue weighted by Crippen LogP contribution is 2.12. The molecule has 0 radical (unpaired) electrons. The molecule has 0 unspecified atom stereocenters. The van der Waals surface area contributed by atoms with Gasteiger partial charge in [-0.2, -0.15) is 0 Å². The molecule has 0 aliphatic heterocycles. The van der Waals surface area contributed by atoms with E-state index in [4.69, 9.17) is 9.47 Å². The molecule has 33 heavy (non-hydrogen) atoms. The standard InChI is InChI=1S/C29H54O4/c1-3-5-7-9-11-12-13-14-15-16-18-20-22-27-33-29(31)25-23-24-28(30)32-26-21-19-17-10-8-6-4-2/h17,19H,3-16,18,20-27H2,1-2H3/b19-17-. The lowest BCUT2D eigenvalue weighted by atomic mass is 10.0. The Labute approximate surface area is 205 Å². The van der Waals surface area contributed by atoms with Crippen LogP contribution in [-0.2, 0) is 19.1 Å². The van der Waals surface area contributed by atoms with Crippen LogP contribution < -0.4 is 0 Å². The third-order valence-corrected chi connectivity index (χ3v) is 5.96. The molecule has 0 aromatic rings. The van der Waals surface area contributed by atoms with Crippen LogP contribution in [-0.4, -0.2) is 25.2 Å². The Morgan fingerprint density at radius 1 is 0.485 bits per heavy atom. The van der Waals surface area contributed by atoms with Gasteiger partial charge in [-0.1, -0.05) is 116 Å². The van der Waals surface area contributed by atoms with E-state index in [2.05, 4.69) is 26.0 Å². The van der Waals surface area contributed by atoms with E-state index in [-0.39, 0.29) is 18.4 Å². The van der Waals surface area contributed by atoms with Crippen molar-refractivity contribution in [2.45, 2.75) is 149 Å². The Morgan fingerprint density at radius 2 is 0.909 bits per heavy atom. The molecule has 0 rings (SSSR count). The number of carbonyl (C=O) groups excluding carboxylic acids is 2. The fraction of sp³-hybridized carbons (Fsp3) is 0.862. The lowest BCUT2D eigenvalue weighted by molar-refractivity contribution is -0.145. The molecule has 0 bridgehead atoms. The Morgan fingerprint density at radius 3 is 1.45 bits per heavy atom. The second kappa shape index (κ2) is 26.9. The summed E-state index contributed by atoms with van der Waals surface area (Å²) in [6.45, 7) is 5.39. The maximum absolute atomic E-state index is 11.8. The zero-order valence-electron chi connectivity index (χ0n) is 22.1. The fourth-order valence-corrected chi connectivity index (χ4v) is 3.82. The zero-order valence-corrected chi connectivity index (χ0v) is 22.1. The third kappa shape index (κ3) is 26.8. The summed E-state index contributed by atoms with van der Waals surface area (Å²) in [6, 6.07) is 0. The number of ether oxygens (including phenoxy) is 2. The number of unbranched alkanes of at least 4 members (excludes halogenated alkanes) is 15. The summed E-state index contributed by atoms with van der Waals surface area (Å²) in [5.74, 6) is -0.421. The molecule has 0 aliphatic carbocycles. The van der Waals surface area contributed by atoms with E-state index in [0.29, 0.717) is 26.1 Å². The van der Waals surface area contributed by atoms with Gasteiger partial charge in [0.05, 0.1) is 13.2 Å². The van der Waals surface area contributed by atoms with Gasteiger partial charge in [-0.25, -0.2) is 0 Å². The van der Waals surface area contributed by atoms with Crippen molar-refractivity contribution < 1.29 is 19.1 Å². The number of hydrogen-bond donors (Lipinski definition) is 0. The summed E-state index contributed by atoms with van der Waals surface area (Å²) in [6.07, 6.45) is 27.9. The lowest BCUT2D eigenvalue weighted by Gasteiger charge is -2.06. The van der Waals surface area contributed by atoms with Crippen LogP contribution in [0.5, 0.6) is 0 Å². The molecule has 0 N–H and O–H groups in total. The molecule has 0 amide bonds. The first-order valence-corrected chi connectivity index (χ1v) is 14.2. The second-order valence-electron chi connectivity index (χ2n) is 9.29. The fourth-order valence-electron chi connectivity index (χ4n) is 3.82. The van der Waals surface area contributed by atoms with Crippen LogP contribution >= 0.6 is 0 Å². The van der Waals surface area contributed by atoms with E-state index in [9.17, 15) is 9.59 Å². The van der Waals surface area contributed by atoms with E-state index >= 15 is 0 Å². The van der Waals surface area contributed by atoms with Crippen molar-refractivity contribution in [3.05, 3.63) is 12.2 Å². The molecule has 0 aliphatic rings. The summed E-state index contributed by atoms with van der Waals surface area (Å²) in [7, 11) is 0. The van der Waals surface area contributed by atoms with Crippen LogP contribution in [0.1, 0.15) is 149 Å². The van der Waals surface area contributed by atoms with Gasteiger partial charge >= 0.3 is 11.9 Å². The highest BCUT2D eigenvalue weighted by atomic mass is 16.5. The van der Waals surface area contributed by atoms with Gasteiger partial charge in [-0.3, -0.25) is 9.59 Å². The molecule has 0 atom stereocenters. The van der Waals surface area contributed by atoms with Crippen LogP contribution in [0.2, 0.25) is 0 Å². The smallest absolute Gasteiger partial charge is 0.305 e. The Bertz CT molecular complexity index is 459. The number of carbonyl (C=O) groups is 2. The van der Waals surface area contributed by atoms with Crippen LogP contribution in [0.3, 0.4) is 0 Å². The first kappa shape index (κ1) is 31.7. The van der Waals surface area contributed by atoms with Crippen molar-refractivity contribution in [1.29, 1.82) is 0 Å². The molecule has 4 heteroatoms. The van der Waals surface area contributed by atoms with Crippen molar-refractivity contribution in [2.75, 3.05) is 13.2 Å². The van der Waals surface area contributed by atoms with Crippen molar-refractivity contribution in [1.82, 2.24) is 0 Å². The molecule has 0 aromatic heterocycles. The summed E-state index contributed by atoms with van der Waals surface area (Å²) < 4.78 is 10.5. The molecule has 4 nitrogen and oxygen atoms in total. The largest absolute Gasteiger partial charge is 0.466 e. The predicted molar refractivity (Wildman–Crippen MR) is 139 cm³/mol. The molecule has 0 saturated carbocycles. The maximum Gasteiger partial charge on any atom is 0.305 e. The topological polar surface area (TPSA) is 52.6 Å². The molecule has 0 spiro atoms. The number of rotatable bonds is 25. The van der Waals surface area contributed by atoms with E-state index in [1.807, 2.05) is 0 Å². The van der Waals surface area contributed by atoms with Crippen LogP contribution in [0.15, 0.2) is 12.2 Å². The van der Waals surface area contributed by atoms with Gasteiger partial charge in [0, 0.05) is 12.8 Å². The highest BCUT2D eigenvalue weighted by Gasteiger charge is 2.07. The molecular weight excluding hydrogens is 412 g/mol. The van der Waals surface area contributed by atoms with Gasteiger partial charge in [-0.05, 0) is 32.1 Å². The van der Waals surface area contributed by atoms with E-state index in [0.717, 1.165) is 25.7 Å². The van der Waals surface area contributed by atoms with Gasteiger partial charge in [-0.15, -0.1) is 0 Å². The number of esters is 2. The van der Waals surface area contributed by atoms with Crippen molar-refractivity contribution in [3.8, 4) is 0 Å². The van der Waals surface area contributed by atoms with Gasteiger partial charge in [0.1, 0.15) is 0 Å². The van der Waals surface area contributed by atoms with Crippen LogP contribution in [0, 0.1) is 0 Å². The third-order valence-electron chi connectivity index (χ3n) is 5.96. The lowest BCUT2D eigenvalue weighted by Crippen LogP contribution is -2.09. The normalized spacial score (nSPS) is 11.2. The maximum atomic E-state index is 11.8. The summed E-state index contributed by atoms with van der Waals surface area (Å²) >= 11 is 0. The van der Waals surface area contributed by atoms with Gasteiger partial charge < -0.3 is 9.47 Å². The van der Waals surface area contributed by atoms with Crippen molar-refractivity contribution >= 4 is 11.9 Å². The molecule has 0 fully saturated rings. The van der Waals surface area contributed by atoms with E-state index < -0.39 is 0 Å². The average molecular weight is 467 g/mol. The SMILES string of the molecule is CCCCC/C=C\CCOC(=O)CCCC(=O)OCCCCCCCCCCCCCCC. The summed E-state index contributed by atoms with van der Waals surface area (Å²) in [4.78, 5) is 23.5. The quantitative estimate of drug-likeness (QED) is 0.0765. The second-order valence-corrected chi connectivity index (χ2v) is 9.29. The van der Waals surface area contributed by atoms with E-state index in [1.54, 1.807) is 0 Å². The first-order chi connectivity index (χ1) is 16.2.